The van der Waals surface area contributed by atoms with Crippen LogP contribution < -0.4 is 5.56 Å². The van der Waals surface area contributed by atoms with Crippen molar-refractivity contribution in [1.29, 1.82) is 0 Å². The number of carbonyl (C=O) groups excluding carboxylic acids is 2. The van der Waals surface area contributed by atoms with Crippen LogP contribution in [0, 0.1) is 6.92 Å². The van der Waals surface area contributed by atoms with Crippen molar-refractivity contribution in [2.24, 2.45) is 0 Å². The van der Waals surface area contributed by atoms with Crippen LogP contribution in [0.5, 0.6) is 0 Å². The standard InChI is InChI=1S/C21H22N2O5S/c1-3-10-27-16(24)12-23-13-22-19-17(20(23)25)14(2)18(29-19)21(26)28-11-9-15-7-5-4-6-8-15/h4-8,13H,3,9-12H2,1-2H3. The summed E-state index contributed by atoms with van der Waals surface area (Å²) in [4.78, 5) is 42.1. The Bertz CT molecular complexity index is 1070. The Morgan fingerprint density at radius 1 is 1.14 bits per heavy atom. The first-order chi connectivity index (χ1) is 14.0. The molecule has 1 aromatic carbocycles. The summed E-state index contributed by atoms with van der Waals surface area (Å²) in [5.41, 5.74) is 1.22. The molecule has 0 aliphatic rings. The zero-order valence-electron chi connectivity index (χ0n) is 16.3. The van der Waals surface area contributed by atoms with Crippen molar-refractivity contribution in [2.45, 2.75) is 33.2 Å². The molecular weight excluding hydrogens is 392 g/mol. The molecule has 0 bridgehead atoms. The van der Waals surface area contributed by atoms with E-state index in [0.29, 0.717) is 40.1 Å². The summed E-state index contributed by atoms with van der Waals surface area (Å²) >= 11 is 1.12. The molecular formula is C21H22N2O5S. The zero-order chi connectivity index (χ0) is 20.8. The lowest BCUT2D eigenvalue weighted by atomic mass is 10.2. The molecule has 8 heteroatoms. The molecule has 0 radical (unpaired) electrons. The van der Waals surface area contributed by atoms with Crippen LogP contribution in [0.2, 0.25) is 0 Å². The predicted molar refractivity (Wildman–Crippen MR) is 110 cm³/mol. The van der Waals surface area contributed by atoms with E-state index in [1.807, 2.05) is 37.3 Å². The summed E-state index contributed by atoms with van der Waals surface area (Å²) in [6.45, 7) is 3.92. The fraction of sp³-hybridized carbons (Fsp3) is 0.333. The molecule has 0 N–H and O–H groups in total. The summed E-state index contributed by atoms with van der Waals surface area (Å²) < 4.78 is 11.6. The van der Waals surface area contributed by atoms with Crippen molar-refractivity contribution in [3.63, 3.8) is 0 Å². The lowest BCUT2D eigenvalue weighted by molar-refractivity contribution is -0.144. The van der Waals surface area contributed by atoms with Gasteiger partial charge in [0.1, 0.15) is 16.3 Å². The molecule has 0 amide bonds. The first-order valence-electron chi connectivity index (χ1n) is 9.36. The van der Waals surface area contributed by atoms with Crippen molar-refractivity contribution in [2.75, 3.05) is 13.2 Å². The number of aryl methyl sites for hydroxylation is 1. The lowest BCUT2D eigenvalue weighted by Crippen LogP contribution is -2.25. The van der Waals surface area contributed by atoms with E-state index in [2.05, 4.69) is 4.98 Å². The van der Waals surface area contributed by atoms with E-state index in [9.17, 15) is 14.4 Å². The predicted octanol–water partition coefficient (Wildman–Crippen LogP) is 3.12. The molecule has 0 aliphatic heterocycles. The molecule has 0 aliphatic carbocycles. The van der Waals surface area contributed by atoms with Crippen molar-refractivity contribution < 1.29 is 19.1 Å². The Balaban J connectivity index is 1.75. The number of aromatic nitrogens is 2. The van der Waals surface area contributed by atoms with Crippen LogP contribution in [0.15, 0.2) is 41.5 Å². The normalized spacial score (nSPS) is 10.8. The van der Waals surface area contributed by atoms with E-state index in [4.69, 9.17) is 9.47 Å². The summed E-state index contributed by atoms with van der Waals surface area (Å²) in [5.74, 6) is -0.974. The third-order valence-corrected chi connectivity index (χ3v) is 5.52. The molecule has 2 aromatic heterocycles. The lowest BCUT2D eigenvalue weighted by Gasteiger charge is -2.06. The van der Waals surface area contributed by atoms with Gasteiger partial charge in [-0.15, -0.1) is 11.3 Å². The van der Waals surface area contributed by atoms with E-state index in [0.717, 1.165) is 16.9 Å². The topological polar surface area (TPSA) is 87.5 Å². The number of ether oxygens (including phenoxy) is 2. The van der Waals surface area contributed by atoms with Crippen LogP contribution in [0.3, 0.4) is 0 Å². The second kappa shape index (κ2) is 9.47. The fourth-order valence-electron chi connectivity index (χ4n) is 2.84. The molecule has 0 unspecified atom stereocenters. The van der Waals surface area contributed by atoms with E-state index < -0.39 is 11.9 Å². The highest BCUT2D eigenvalue weighted by Gasteiger charge is 2.21. The number of nitrogens with zero attached hydrogens (tertiary/aromatic N) is 2. The Hall–Kier alpha value is -3.00. The van der Waals surface area contributed by atoms with Gasteiger partial charge in [0, 0.05) is 6.42 Å². The molecule has 152 valence electrons. The highest BCUT2D eigenvalue weighted by Crippen LogP contribution is 2.27. The van der Waals surface area contributed by atoms with Crippen LogP contribution in [-0.2, 0) is 27.2 Å². The Kier molecular flexibility index (Phi) is 6.77. The molecule has 7 nitrogen and oxygen atoms in total. The fourth-order valence-corrected chi connectivity index (χ4v) is 3.87. The Morgan fingerprint density at radius 2 is 1.90 bits per heavy atom. The van der Waals surface area contributed by atoms with Crippen LogP contribution >= 0.6 is 11.3 Å². The minimum Gasteiger partial charge on any atom is -0.464 e. The van der Waals surface area contributed by atoms with Gasteiger partial charge in [-0.25, -0.2) is 9.78 Å². The molecule has 3 aromatic rings. The van der Waals surface area contributed by atoms with Crippen molar-refractivity contribution in [3.8, 4) is 0 Å². The second-order valence-corrected chi connectivity index (χ2v) is 7.51. The molecule has 0 fully saturated rings. The smallest absolute Gasteiger partial charge is 0.348 e. The average molecular weight is 414 g/mol. The number of hydrogen-bond acceptors (Lipinski definition) is 7. The number of esters is 2. The molecule has 0 saturated carbocycles. The maximum atomic E-state index is 12.8. The number of fused-ring (bicyclic) bond motifs is 1. The number of carbonyl (C=O) groups is 2. The largest absolute Gasteiger partial charge is 0.464 e. The average Bonchev–Trinajstić information content (AvgIpc) is 3.06. The van der Waals surface area contributed by atoms with Gasteiger partial charge in [-0.3, -0.25) is 14.2 Å². The third kappa shape index (κ3) is 4.89. The maximum Gasteiger partial charge on any atom is 0.348 e. The summed E-state index contributed by atoms with van der Waals surface area (Å²) in [6, 6.07) is 9.73. The van der Waals surface area contributed by atoms with Gasteiger partial charge in [-0.2, -0.15) is 0 Å². The quantitative estimate of drug-likeness (QED) is 0.526. The van der Waals surface area contributed by atoms with Gasteiger partial charge in [0.25, 0.3) is 5.56 Å². The highest BCUT2D eigenvalue weighted by atomic mass is 32.1. The Morgan fingerprint density at radius 3 is 2.62 bits per heavy atom. The summed E-state index contributed by atoms with van der Waals surface area (Å²) in [5, 5.41) is 0.329. The summed E-state index contributed by atoms with van der Waals surface area (Å²) in [6.07, 6.45) is 2.62. The van der Waals surface area contributed by atoms with E-state index in [-0.39, 0.29) is 18.7 Å². The SMILES string of the molecule is CCCOC(=O)Cn1cnc2sc(C(=O)OCCc3ccccc3)c(C)c2c1=O. The van der Waals surface area contributed by atoms with Crippen molar-refractivity contribution >= 4 is 33.5 Å². The minimum absolute atomic E-state index is 0.214. The van der Waals surface area contributed by atoms with Gasteiger partial charge in [0.2, 0.25) is 0 Å². The molecule has 0 atom stereocenters. The molecule has 0 spiro atoms. The van der Waals surface area contributed by atoms with Gasteiger partial charge < -0.3 is 9.47 Å². The molecule has 2 heterocycles. The van der Waals surface area contributed by atoms with Crippen LogP contribution in [0.25, 0.3) is 10.2 Å². The van der Waals surface area contributed by atoms with Gasteiger partial charge in [-0.05, 0) is 24.5 Å². The number of hydrogen-bond donors (Lipinski definition) is 0. The highest BCUT2D eigenvalue weighted by molar-refractivity contribution is 7.20. The van der Waals surface area contributed by atoms with Gasteiger partial charge >= 0.3 is 11.9 Å². The van der Waals surface area contributed by atoms with Gasteiger partial charge in [0.05, 0.1) is 24.9 Å². The monoisotopic (exact) mass is 414 g/mol. The maximum absolute atomic E-state index is 12.8. The molecule has 3 rings (SSSR count). The zero-order valence-corrected chi connectivity index (χ0v) is 17.2. The van der Waals surface area contributed by atoms with Gasteiger partial charge in [-0.1, -0.05) is 37.3 Å². The van der Waals surface area contributed by atoms with Crippen molar-refractivity contribution in [1.82, 2.24) is 9.55 Å². The number of thiophene rings is 1. The van der Waals surface area contributed by atoms with E-state index in [1.54, 1.807) is 6.92 Å². The van der Waals surface area contributed by atoms with E-state index in [1.165, 1.54) is 10.9 Å². The van der Waals surface area contributed by atoms with Crippen LogP contribution in [0.4, 0.5) is 0 Å². The van der Waals surface area contributed by atoms with Crippen LogP contribution in [-0.4, -0.2) is 34.7 Å². The van der Waals surface area contributed by atoms with Crippen molar-refractivity contribution in [3.05, 3.63) is 63.0 Å². The number of rotatable bonds is 8. The van der Waals surface area contributed by atoms with Gasteiger partial charge in [0.15, 0.2) is 0 Å². The van der Waals surface area contributed by atoms with E-state index >= 15 is 0 Å². The third-order valence-electron chi connectivity index (χ3n) is 4.34. The minimum atomic E-state index is -0.497. The molecule has 29 heavy (non-hydrogen) atoms. The number of benzene rings is 1. The van der Waals surface area contributed by atoms with Crippen LogP contribution in [0.1, 0.15) is 34.1 Å². The molecule has 0 saturated heterocycles. The second-order valence-electron chi connectivity index (χ2n) is 6.51. The summed E-state index contributed by atoms with van der Waals surface area (Å²) in [7, 11) is 0. The first kappa shape index (κ1) is 20.7. The first-order valence-corrected chi connectivity index (χ1v) is 10.2. The Labute approximate surface area is 171 Å².